The molecule has 0 bridgehead atoms. The van der Waals surface area contributed by atoms with Crippen LogP contribution in [0.15, 0.2) is 12.1 Å². The average Bonchev–Trinajstić information content (AvgIpc) is 2.66. The van der Waals surface area contributed by atoms with Gasteiger partial charge in [0, 0.05) is 23.7 Å². The Bertz CT molecular complexity index is 769. The summed E-state index contributed by atoms with van der Waals surface area (Å²) < 4.78 is 0. The number of Topliss-reactive ketones (excluding diaryl/α,β-unsaturated/α-hetero) is 2. The van der Waals surface area contributed by atoms with Gasteiger partial charge < -0.3 is 0 Å². The Balaban J connectivity index is 2.72. The quantitative estimate of drug-likeness (QED) is 0.439. The van der Waals surface area contributed by atoms with Crippen molar-refractivity contribution in [1.82, 2.24) is 0 Å². The lowest BCUT2D eigenvalue weighted by Crippen LogP contribution is -2.19. The van der Waals surface area contributed by atoms with Gasteiger partial charge in [-0.25, -0.2) is 0 Å². The number of carbonyl (C=O) groups excluding carboxylic acids is 2. The van der Waals surface area contributed by atoms with Crippen molar-refractivity contribution in [3.63, 3.8) is 0 Å². The van der Waals surface area contributed by atoms with Gasteiger partial charge in [-0.2, -0.15) is 10.5 Å². The van der Waals surface area contributed by atoms with Gasteiger partial charge in [0.2, 0.25) is 0 Å². The van der Waals surface area contributed by atoms with E-state index in [1.54, 1.807) is 0 Å². The molecule has 0 atom stereocenters. The Hall–Kier alpha value is -2.46. The second-order valence-corrected chi connectivity index (χ2v) is 10.1. The summed E-state index contributed by atoms with van der Waals surface area (Å²) in [6.45, 7) is 11.6. The Kier molecular flexibility index (Phi) is 9.44. The minimum atomic E-state index is -0.315. The zero-order chi connectivity index (χ0) is 22.9. The van der Waals surface area contributed by atoms with Gasteiger partial charge in [-0.05, 0) is 49.7 Å². The maximum Gasteiger partial charge on any atom is 0.138 e. The molecular weight excluding hydrogens is 372 g/mol. The summed E-state index contributed by atoms with van der Waals surface area (Å²) in [5, 5.41) is 19.3. The van der Waals surface area contributed by atoms with Crippen LogP contribution in [0.1, 0.15) is 102 Å². The molecule has 0 aliphatic heterocycles. The van der Waals surface area contributed by atoms with Crippen LogP contribution in [0.25, 0.3) is 0 Å². The molecule has 30 heavy (non-hydrogen) atoms. The molecule has 1 rings (SSSR count). The molecule has 0 heterocycles. The van der Waals surface area contributed by atoms with Crippen molar-refractivity contribution in [3.8, 4) is 12.1 Å². The van der Waals surface area contributed by atoms with Crippen LogP contribution in [0.3, 0.4) is 0 Å². The fourth-order valence-corrected chi connectivity index (χ4v) is 3.31. The average molecular weight is 409 g/mol. The van der Waals surface area contributed by atoms with Crippen LogP contribution in [0.2, 0.25) is 0 Å². The van der Waals surface area contributed by atoms with E-state index in [4.69, 9.17) is 0 Å². The zero-order valence-electron chi connectivity index (χ0n) is 19.5. The molecule has 0 spiro atoms. The number of ketones is 2. The van der Waals surface area contributed by atoms with Crippen molar-refractivity contribution in [2.75, 3.05) is 0 Å². The van der Waals surface area contributed by atoms with Crippen LogP contribution in [-0.2, 0) is 22.4 Å². The van der Waals surface area contributed by atoms with Crippen LogP contribution in [0.5, 0.6) is 0 Å². The van der Waals surface area contributed by atoms with Crippen molar-refractivity contribution in [2.24, 2.45) is 10.8 Å². The molecule has 0 aliphatic carbocycles. The highest BCUT2D eigenvalue weighted by Gasteiger charge is 2.21. The van der Waals surface area contributed by atoms with Gasteiger partial charge in [-0.1, -0.05) is 53.7 Å². The molecule has 1 aromatic rings. The monoisotopic (exact) mass is 408 g/mol. The third-order valence-electron chi connectivity index (χ3n) is 5.47. The Labute approximate surface area is 182 Å². The molecule has 0 saturated carbocycles. The summed E-state index contributed by atoms with van der Waals surface area (Å²) in [5.41, 5.74) is 2.05. The topological polar surface area (TPSA) is 81.7 Å². The number of unbranched alkanes of at least 4 members (excludes halogenated alkanes) is 2. The minimum absolute atomic E-state index is 0.251. The van der Waals surface area contributed by atoms with Crippen LogP contribution < -0.4 is 0 Å². The first kappa shape index (κ1) is 25.6. The number of aryl methyl sites for hydroxylation is 2. The number of carbonyl (C=O) groups is 2. The van der Waals surface area contributed by atoms with Gasteiger partial charge >= 0.3 is 0 Å². The predicted octanol–water partition coefficient (Wildman–Crippen LogP) is 6.09. The molecule has 1 aromatic carbocycles. The van der Waals surface area contributed by atoms with Crippen molar-refractivity contribution in [3.05, 3.63) is 34.4 Å². The lowest BCUT2D eigenvalue weighted by atomic mass is 9.86. The van der Waals surface area contributed by atoms with E-state index in [9.17, 15) is 20.1 Å². The molecule has 0 N–H and O–H groups in total. The lowest BCUT2D eigenvalue weighted by Gasteiger charge is -2.16. The lowest BCUT2D eigenvalue weighted by molar-refractivity contribution is -0.127. The summed E-state index contributed by atoms with van der Waals surface area (Å²) in [6.07, 6.45) is 5.67. The Morgan fingerprint density at radius 2 is 1.03 bits per heavy atom. The smallest absolute Gasteiger partial charge is 0.138 e. The highest BCUT2D eigenvalue weighted by atomic mass is 16.1. The summed E-state index contributed by atoms with van der Waals surface area (Å²) in [4.78, 5) is 24.1. The molecule has 0 aliphatic rings. The van der Waals surface area contributed by atoms with Gasteiger partial charge in [0.1, 0.15) is 23.7 Å². The van der Waals surface area contributed by atoms with Crippen molar-refractivity contribution in [1.29, 1.82) is 10.5 Å². The standard InChI is InChI=1S/C26H36N2O2/c1-25(2,3)23(29)13-9-7-11-19-15-16-20(22(18-28)21(19)17-27)12-8-10-14-24(30)26(4,5)6/h15-16H,7-14H2,1-6H3. The van der Waals surface area contributed by atoms with Gasteiger partial charge in [0.05, 0.1) is 11.1 Å². The Morgan fingerprint density at radius 1 is 0.700 bits per heavy atom. The van der Waals surface area contributed by atoms with Crippen molar-refractivity contribution in [2.45, 2.75) is 92.9 Å². The van der Waals surface area contributed by atoms with Crippen LogP contribution in [0, 0.1) is 33.5 Å². The zero-order valence-corrected chi connectivity index (χ0v) is 19.5. The van der Waals surface area contributed by atoms with E-state index in [1.165, 1.54) is 0 Å². The summed E-state index contributed by atoms with van der Waals surface area (Å²) in [6, 6.07) is 8.32. The normalized spacial score (nSPS) is 11.6. The van der Waals surface area contributed by atoms with Gasteiger partial charge in [0.25, 0.3) is 0 Å². The maximum atomic E-state index is 12.0. The second-order valence-electron chi connectivity index (χ2n) is 10.1. The fourth-order valence-electron chi connectivity index (χ4n) is 3.31. The largest absolute Gasteiger partial charge is 0.299 e. The molecule has 0 fully saturated rings. The molecule has 162 valence electrons. The van der Waals surface area contributed by atoms with E-state index in [2.05, 4.69) is 12.1 Å². The van der Waals surface area contributed by atoms with E-state index < -0.39 is 0 Å². The van der Waals surface area contributed by atoms with Gasteiger partial charge in [-0.15, -0.1) is 0 Å². The number of nitriles is 2. The first-order chi connectivity index (χ1) is 13.9. The number of benzene rings is 1. The summed E-state index contributed by atoms with van der Waals surface area (Å²) in [7, 11) is 0. The predicted molar refractivity (Wildman–Crippen MR) is 120 cm³/mol. The highest BCUT2D eigenvalue weighted by molar-refractivity contribution is 5.83. The number of rotatable bonds is 10. The number of hydrogen-bond donors (Lipinski definition) is 0. The highest BCUT2D eigenvalue weighted by Crippen LogP contribution is 2.24. The van der Waals surface area contributed by atoms with Crippen molar-refractivity contribution < 1.29 is 9.59 Å². The first-order valence-corrected chi connectivity index (χ1v) is 10.9. The maximum absolute atomic E-state index is 12.0. The van der Waals surface area contributed by atoms with Crippen LogP contribution >= 0.6 is 0 Å². The second kappa shape index (κ2) is 11.1. The first-order valence-electron chi connectivity index (χ1n) is 10.9. The number of nitrogens with zero attached hydrogens (tertiary/aromatic N) is 2. The molecular formula is C26H36N2O2. The van der Waals surface area contributed by atoms with Crippen LogP contribution in [0.4, 0.5) is 0 Å². The number of hydrogen-bond acceptors (Lipinski definition) is 4. The third kappa shape index (κ3) is 7.75. The van der Waals surface area contributed by atoms with Gasteiger partial charge in [-0.3, -0.25) is 9.59 Å². The van der Waals surface area contributed by atoms with Crippen molar-refractivity contribution >= 4 is 11.6 Å². The third-order valence-corrected chi connectivity index (χ3v) is 5.47. The fraction of sp³-hybridized carbons (Fsp3) is 0.615. The van der Waals surface area contributed by atoms with E-state index in [0.717, 1.165) is 36.8 Å². The Morgan fingerprint density at radius 3 is 1.30 bits per heavy atom. The van der Waals surface area contributed by atoms with E-state index in [1.807, 2.05) is 53.7 Å². The molecule has 0 saturated heterocycles. The van der Waals surface area contributed by atoms with Crippen LogP contribution in [-0.4, -0.2) is 11.6 Å². The SMILES string of the molecule is CC(C)(C)C(=O)CCCCc1ccc(CCCCC(=O)C(C)(C)C)c(C#N)c1C#N. The van der Waals surface area contributed by atoms with E-state index >= 15 is 0 Å². The summed E-state index contributed by atoms with van der Waals surface area (Å²) >= 11 is 0. The summed E-state index contributed by atoms with van der Waals surface area (Å²) in [5.74, 6) is 0.502. The molecule has 0 aromatic heterocycles. The molecule has 4 nitrogen and oxygen atoms in total. The molecule has 4 heteroatoms. The minimum Gasteiger partial charge on any atom is -0.299 e. The molecule has 0 radical (unpaired) electrons. The molecule has 0 unspecified atom stereocenters. The van der Waals surface area contributed by atoms with E-state index in [-0.39, 0.29) is 22.4 Å². The molecule has 0 amide bonds. The van der Waals surface area contributed by atoms with Gasteiger partial charge in [0.15, 0.2) is 0 Å². The van der Waals surface area contributed by atoms with E-state index in [0.29, 0.717) is 36.8 Å².